The van der Waals surface area contributed by atoms with Crippen LogP contribution in [-0.2, 0) is 9.53 Å². The summed E-state index contributed by atoms with van der Waals surface area (Å²) in [6, 6.07) is 11.2. The topological polar surface area (TPSA) is 90.9 Å². The Morgan fingerprint density at radius 1 is 0.966 bits per heavy atom. The van der Waals surface area contributed by atoms with Crippen LogP contribution in [0.15, 0.2) is 42.5 Å². The molecule has 0 heterocycles. The summed E-state index contributed by atoms with van der Waals surface area (Å²) in [7, 11) is 1.49. The molecule has 29 heavy (non-hydrogen) atoms. The lowest BCUT2D eigenvalue weighted by molar-refractivity contribution is -0.119. The maximum atomic E-state index is 12.2. The molecule has 0 aliphatic carbocycles. The molecule has 0 aromatic heterocycles. The molecule has 0 saturated heterocycles. The summed E-state index contributed by atoms with van der Waals surface area (Å²) >= 11 is 0. The summed E-state index contributed by atoms with van der Waals surface area (Å²) in [4.78, 5) is 35.5. The van der Waals surface area contributed by atoms with Crippen molar-refractivity contribution in [3.05, 3.63) is 53.6 Å². The summed E-state index contributed by atoms with van der Waals surface area (Å²) in [6.45, 7) is 3.65. The number of nitrogens with one attached hydrogen (secondary N) is 1. The Balaban J connectivity index is 1.90. The van der Waals surface area contributed by atoms with E-state index in [1.165, 1.54) is 20.1 Å². The van der Waals surface area contributed by atoms with Crippen molar-refractivity contribution in [3.8, 4) is 11.5 Å². The molecular formula is C22H25NO6. The first-order valence-corrected chi connectivity index (χ1v) is 9.33. The zero-order chi connectivity index (χ0) is 21.2. The second-order valence-electron chi connectivity index (χ2n) is 6.33. The van der Waals surface area contributed by atoms with Crippen LogP contribution in [0, 0.1) is 0 Å². The minimum Gasteiger partial charge on any atom is -0.493 e. The van der Waals surface area contributed by atoms with Crippen LogP contribution in [0.2, 0.25) is 0 Å². The van der Waals surface area contributed by atoms with Crippen molar-refractivity contribution < 1.29 is 28.6 Å². The van der Waals surface area contributed by atoms with E-state index in [1.54, 1.807) is 36.4 Å². The molecule has 2 aromatic carbocycles. The number of amides is 1. The number of carbonyl (C=O) groups is 3. The number of esters is 1. The fourth-order valence-corrected chi connectivity index (χ4v) is 2.44. The number of hydrogen-bond donors (Lipinski definition) is 1. The van der Waals surface area contributed by atoms with Crippen molar-refractivity contribution in [1.29, 1.82) is 0 Å². The van der Waals surface area contributed by atoms with Crippen LogP contribution in [0.1, 0.15) is 47.4 Å². The minimum absolute atomic E-state index is 0.0611. The molecule has 7 heteroatoms. The lowest BCUT2D eigenvalue weighted by atomic mass is 10.1. The van der Waals surface area contributed by atoms with Crippen molar-refractivity contribution in [2.75, 3.05) is 25.6 Å². The van der Waals surface area contributed by atoms with Crippen LogP contribution in [0.5, 0.6) is 11.5 Å². The maximum absolute atomic E-state index is 12.2. The fourth-order valence-electron chi connectivity index (χ4n) is 2.44. The molecule has 1 N–H and O–H groups in total. The van der Waals surface area contributed by atoms with Gasteiger partial charge in [0, 0.05) is 11.3 Å². The second kappa shape index (κ2) is 10.8. The van der Waals surface area contributed by atoms with Gasteiger partial charge in [0.25, 0.3) is 5.91 Å². The predicted molar refractivity (Wildman–Crippen MR) is 109 cm³/mol. The van der Waals surface area contributed by atoms with E-state index in [9.17, 15) is 14.4 Å². The Labute approximate surface area is 170 Å². The summed E-state index contributed by atoms with van der Waals surface area (Å²) in [5.41, 5.74) is 1.31. The van der Waals surface area contributed by atoms with Gasteiger partial charge in [-0.05, 0) is 55.8 Å². The normalized spacial score (nSPS) is 10.2. The van der Waals surface area contributed by atoms with E-state index in [4.69, 9.17) is 14.2 Å². The van der Waals surface area contributed by atoms with Gasteiger partial charge >= 0.3 is 5.97 Å². The molecule has 2 aromatic rings. The van der Waals surface area contributed by atoms with Gasteiger partial charge in [-0.2, -0.15) is 0 Å². The summed E-state index contributed by atoms with van der Waals surface area (Å²) in [5.74, 6) is -0.227. The first kappa shape index (κ1) is 21.9. The third-order valence-electron chi connectivity index (χ3n) is 4.06. The monoisotopic (exact) mass is 399 g/mol. The van der Waals surface area contributed by atoms with Crippen LogP contribution in [0.25, 0.3) is 0 Å². The summed E-state index contributed by atoms with van der Waals surface area (Å²) < 4.78 is 16.0. The van der Waals surface area contributed by atoms with E-state index in [0.717, 1.165) is 12.8 Å². The average molecular weight is 399 g/mol. The number of methoxy groups -OCH3 is 1. The Hall–Kier alpha value is -3.35. The van der Waals surface area contributed by atoms with E-state index in [1.807, 2.05) is 0 Å². The number of unbranched alkanes of at least 4 members (excludes halogenated alkanes) is 1. The molecule has 0 atom stereocenters. The summed E-state index contributed by atoms with van der Waals surface area (Å²) in [6.07, 6.45) is 1.93. The van der Waals surface area contributed by atoms with Crippen molar-refractivity contribution in [1.82, 2.24) is 0 Å². The van der Waals surface area contributed by atoms with Gasteiger partial charge < -0.3 is 19.5 Å². The van der Waals surface area contributed by atoms with Crippen molar-refractivity contribution in [2.45, 2.75) is 26.7 Å². The third kappa shape index (κ3) is 6.64. The standard InChI is InChI=1S/C22H25NO6/c1-4-5-12-28-19-11-8-17(13-20(19)27-3)22(26)29-14-21(25)23-18-9-6-16(7-10-18)15(2)24/h6-11,13H,4-5,12,14H2,1-3H3,(H,23,25). The number of Topliss-reactive ketones (excluding diaryl/α,β-unsaturated/α-hetero) is 1. The molecule has 0 spiro atoms. The maximum Gasteiger partial charge on any atom is 0.338 e. The molecule has 0 aliphatic heterocycles. The van der Waals surface area contributed by atoms with Crippen molar-refractivity contribution in [2.24, 2.45) is 0 Å². The zero-order valence-electron chi connectivity index (χ0n) is 16.8. The Bertz CT molecular complexity index is 860. The van der Waals surface area contributed by atoms with Gasteiger partial charge in [-0.15, -0.1) is 0 Å². The number of benzene rings is 2. The Morgan fingerprint density at radius 2 is 1.66 bits per heavy atom. The number of ether oxygens (including phenoxy) is 3. The van der Waals surface area contributed by atoms with E-state index < -0.39 is 18.5 Å². The van der Waals surface area contributed by atoms with E-state index in [-0.39, 0.29) is 11.3 Å². The van der Waals surface area contributed by atoms with Crippen LogP contribution in [0.3, 0.4) is 0 Å². The first-order chi connectivity index (χ1) is 13.9. The first-order valence-electron chi connectivity index (χ1n) is 9.33. The molecular weight excluding hydrogens is 374 g/mol. The van der Waals surface area contributed by atoms with Gasteiger partial charge in [0.15, 0.2) is 23.9 Å². The SMILES string of the molecule is CCCCOc1ccc(C(=O)OCC(=O)Nc2ccc(C(C)=O)cc2)cc1OC. The molecule has 154 valence electrons. The third-order valence-corrected chi connectivity index (χ3v) is 4.06. The Morgan fingerprint density at radius 3 is 2.28 bits per heavy atom. The lowest BCUT2D eigenvalue weighted by Crippen LogP contribution is -2.21. The lowest BCUT2D eigenvalue weighted by Gasteiger charge is -2.12. The average Bonchev–Trinajstić information content (AvgIpc) is 2.72. The van der Waals surface area contributed by atoms with Gasteiger partial charge in [0.1, 0.15) is 0 Å². The highest BCUT2D eigenvalue weighted by Gasteiger charge is 2.14. The minimum atomic E-state index is -0.648. The molecule has 0 bridgehead atoms. The van der Waals surface area contributed by atoms with Gasteiger partial charge in [-0.3, -0.25) is 9.59 Å². The largest absolute Gasteiger partial charge is 0.493 e. The van der Waals surface area contributed by atoms with Crippen LogP contribution in [0.4, 0.5) is 5.69 Å². The van der Waals surface area contributed by atoms with Gasteiger partial charge in [-0.25, -0.2) is 4.79 Å². The van der Waals surface area contributed by atoms with Crippen LogP contribution >= 0.6 is 0 Å². The molecule has 0 radical (unpaired) electrons. The quantitative estimate of drug-likeness (QED) is 0.370. The molecule has 0 saturated carbocycles. The zero-order valence-corrected chi connectivity index (χ0v) is 16.8. The van der Waals surface area contributed by atoms with E-state index in [2.05, 4.69) is 12.2 Å². The Kier molecular flexibility index (Phi) is 8.21. The number of ketones is 1. The molecule has 0 fully saturated rings. The van der Waals surface area contributed by atoms with Gasteiger partial charge in [0.2, 0.25) is 0 Å². The van der Waals surface area contributed by atoms with E-state index >= 15 is 0 Å². The highest BCUT2D eigenvalue weighted by molar-refractivity contribution is 5.97. The van der Waals surface area contributed by atoms with Crippen LogP contribution in [-0.4, -0.2) is 38.0 Å². The van der Waals surface area contributed by atoms with E-state index in [0.29, 0.717) is 29.4 Å². The number of rotatable bonds is 10. The van der Waals surface area contributed by atoms with Crippen molar-refractivity contribution >= 4 is 23.3 Å². The predicted octanol–water partition coefficient (Wildman–Crippen LogP) is 3.87. The smallest absolute Gasteiger partial charge is 0.338 e. The fraction of sp³-hybridized carbons (Fsp3) is 0.318. The van der Waals surface area contributed by atoms with Crippen molar-refractivity contribution in [3.63, 3.8) is 0 Å². The highest BCUT2D eigenvalue weighted by atomic mass is 16.5. The molecule has 7 nitrogen and oxygen atoms in total. The molecule has 0 aliphatic rings. The number of carbonyl (C=O) groups excluding carboxylic acids is 3. The number of hydrogen-bond acceptors (Lipinski definition) is 6. The number of anilines is 1. The summed E-state index contributed by atoms with van der Waals surface area (Å²) in [5, 5.41) is 2.60. The van der Waals surface area contributed by atoms with Gasteiger partial charge in [-0.1, -0.05) is 13.3 Å². The molecule has 1 amide bonds. The molecule has 0 unspecified atom stereocenters. The molecule has 2 rings (SSSR count). The highest BCUT2D eigenvalue weighted by Crippen LogP contribution is 2.28. The van der Waals surface area contributed by atoms with Gasteiger partial charge in [0.05, 0.1) is 19.3 Å². The second-order valence-corrected chi connectivity index (χ2v) is 6.33. The van der Waals surface area contributed by atoms with Crippen LogP contribution < -0.4 is 14.8 Å².